The third kappa shape index (κ3) is 5.02. The van der Waals surface area contributed by atoms with Crippen LogP contribution in [0.3, 0.4) is 0 Å². The molecule has 148 valence electrons. The van der Waals surface area contributed by atoms with Gasteiger partial charge in [0.2, 0.25) is 11.8 Å². The number of benzene rings is 1. The van der Waals surface area contributed by atoms with Crippen LogP contribution in [0, 0.1) is 11.8 Å². The van der Waals surface area contributed by atoms with E-state index in [0.29, 0.717) is 19.5 Å². The smallest absolute Gasteiger partial charge is 0.227 e. The summed E-state index contributed by atoms with van der Waals surface area (Å²) >= 11 is 0. The zero-order chi connectivity index (χ0) is 19.2. The minimum atomic E-state index is -0.234. The van der Waals surface area contributed by atoms with E-state index in [0.717, 1.165) is 44.0 Å². The predicted octanol–water partition coefficient (Wildman–Crippen LogP) is 3.58. The normalized spacial score (nSPS) is 21.0. The second kappa shape index (κ2) is 9.25. The average molecular weight is 372 g/mol. The van der Waals surface area contributed by atoms with Crippen molar-refractivity contribution in [2.75, 3.05) is 36.0 Å². The largest absolute Gasteiger partial charge is 0.372 e. The van der Waals surface area contributed by atoms with Crippen molar-refractivity contribution in [1.29, 1.82) is 0 Å². The molecule has 0 bridgehead atoms. The van der Waals surface area contributed by atoms with Gasteiger partial charge >= 0.3 is 0 Å². The van der Waals surface area contributed by atoms with Gasteiger partial charge in [-0.15, -0.1) is 0 Å². The molecule has 1 aromatic rings. The van der Waals surface area contributed by atoms with Crippen molar-refractivity contribution in [3.63, 3.8) is 0 Å². The number of carbonyl (C=O) groups is 2. The minimum absolute atomic E-state index is 0.0148. The first-order valence-corrected chi connectivity index (χ1v) is 10.5. The van der Waals surface area contributed by atoms with Gasteiger partial charge in [-0.25, -0.2) is 0 Å². The number of anilines is 2. The van der Waals surface area contributed by atoms with Crippen molar-refractivity contribution >= 4 is 23.2 Å². The first kappa shape index (κ1) is 19.7. The Balaban J connectivity index is 1.55. The average Bonchev–Trinajstić information content (AvgIpc) is 3.08. The van der Waals surface area contributed by atoms with E-state index in [-0.39, 0.29) is 17.7 Å². The standard InChI is InChI=1S/C22H33N3O2/c1-3-4-5-12-23-22(27)18-15-21(26)25(16-18)20-8-6-19(7-9-20)24-13-10-17(2)11-14-24/h6-9,17-18H,3-5,10-16H2,1-2H3,(H,23,27). The Morgan fingerprint density at radius 2 is 1.78 bits per heavy atom. The van der Waals surface area contributed by atoms with Gasteiger partial charge in [0, 0.05) is 44.0 Å². The lowest BCUT2D eigenvalue weighted by atomic mass is 9.99. The number of hydrogen-bond acceptors (Lipinski definition) is 3. The quantitative estimate of drug-likeness (QED) is 0.746. The number of nitrogens with one attached hydrogen (secondary N) is 1. The monoisotopic (exact) mass is 371 g/mol. The molecule has 2 aliphatic rings. The Bertz CT molecular complexity index is 635. The fraction of sp³-hybridized carbons (Fsp3) is 0.636. The third-order valence-electron chi connectivity index (χ3n) is 5.89. The Kier molecular flexibility index (Phi) is 6.75. The van der Waals surface area contributed by atoms with Crippen LogP contribution in [0.5, 0.6) is 0 Å². The van der Waals surface area contributed by atoms with Crippen LogP contribution in [0.2, 0.25) is 0 Å². The van der Waals surface area contributed by atoms with Crippen LogP contribution in [-0.2, 0) is 9.59 Å². The Hall–Kier alpha value is -2.04. The highest BCUT2D eigenvalue weighted by Gasteiger charge is 2.35. The fourth-order valence-corrected chi connectivity index (χ4v) is 3.97. The van der Waals surface area contributed by atoms with Gasteiger partial charge in [-0.1, -0.05) is 26.7 Å². The maximum Gasteiger partial charge on any atom is 0.227 e. The number of nitrogens with zero attached hydrogens (tertiary/aromatic N) is 2. The fourth-order valence-electron chi connectivity index (χ4n) is 3.97. The van der Waals surface area contributed by atoms with Gasteiger partial charge in [-0.2, -0.15) is 0 Å². The van der Waals surface area contributed by atoms with E-state index in [1.54, 1.807) is 4.90 Å². The lowest BCUT2D eigenvalue weighted by Gasteiger charge is -2.32. The van der Waals surface area contributed by atoms with E-state index >= 15 is 0 Å². The van der Waals surface area contributed by atoms with Crippen LogP contribution >= 0.6 is 0 Å². The number of amides is 2. The van der Waals surface area contributed by atoms with Gasteiger partial charge in [-0.05, 0) is 49.4 Å². The van der Waals surface area contributed by atoms with Crippen molar-refractivity contribution in [3.05, 3.63) is 24.3 Å². The summed E-state index contributed by atoms with van der Waals surface area (Å²) in [6.45, 7) is 7.86. The summed E-state index contributed by atoms with van der Waals surface area (Å²) in [5, 5.41) is 2.98. The molecule has 5 nitrogen and oxygen atoms in total. The SMILES string of the molecule is CCCCCNC(=O)C1CC(=O)N(c2ccc(N3CCC(C)CC3)cc2)C1. The highest BCUT2D eigenvalue weighted by molar-refractivity contribution is 6.00. The molecule has 0 saturated carbocycles. The molecule has 2 saturated heterocycles. The molecule has 2 aliphatic heterocycles. The van der Waals surface area contributed by atoms with Crippen LogP contribution in [0.25, 0.3) is 0 Å². The Morgan fingerprint density at radius 1 is 1.11 bits per heavy atom. The summed E-state index contributed by atoms with van der Waals surface area (Å²) in [6, 6.07) is 8.26. The summed E-state index contributed by atoms with van der Waals surface area (Å²) in [4.78, 5) is 28.9. The number of piperidine rings is 1. The predicted molar refractivity (Wildman–Crippen MR) is 110 cm³/mol. The zero-order valence-corrected chi connectivity index (χ0v) is 16.7. The summed E-state index contributed by atoms with van der Waals surface area (Å²) in [7, 11) is 0. The second-order valence-electron chi connectivity index (χ2n) is 8.09. The number of rotatable bonds is 7. The minimum Gasteiger partial charge on any atom is -0.372 e. The van der Waals surface area contributed by atoms with E-state index < -0.39 is 0 Å². The van der Waals surface area contributed by atoms with Crippen molar-refractivity contribution < 1.29 is 9.59 Å². The maximum absolute atomic E-state index is 12.4. The molecule has 1 N–H and O–H groups in total. The molecule has 1 atom stereocenters. The molecule has 2 amide bonds. The van der Waals surface area contributed by atoms with Crippen LogP contribution in [-0.4, -0.2) is 38.0 Å². The molecule has 5 heteroatoms. The molecule has 0 aromatic heterocycles. The van der Waals surface area contributed by atoms with E-state index in [1.807, 2.05) is 12.1 Å². The van der Waals surface area contributed by atoms with Crippen molar-refractivity contribution in [2.24, 2.45) is 11.8 Å². The van der Waals surface area contributed by atoms with Crippen LogP contribution in [0.15, 0.2) is 24.3 Å². The molecule has 1 unspecified atom stereocenters. The molecule has 2 heterocycles. The molecule has 0 spiro atoms. The topological polar surface area (TPSA) is 52.7 Å². The third-order valence-corrected chi connectivity index (χ3v) is 5.89. The first-order valence-electron chi connectivity index (χ1n) is 10.5. The first-order chi connectivity index (χ1) is 13.1. The van der Waals surface area contributed by atoms with Gasteiger partial charge in [-0.3, -0.25) is 9.59 Å². The number of carbonyl (C=O) groups excluding carboxylic acids is 2. The molecule has 0 aliphatic carbocycles. The summed E-state index contributed by atoms with van der Waals surface area (Å²) < 4.78 is 0. The highest BCUT2D eigenvalue weighted by atomic mass is 16.2. The molecular weight excluding hydrogens is 338 g/mol. The zero-order valence-electron chi connectivity index (χ0n) is 16.7. The van der Waals surface area contributed by atoms with Gasteiger partial charge < -0.3 is 15.1 Å². The van der Waals surface area contributed by atoms with Gasteiger partial charge in [0.25, 0.3) is 0 Å². The van der Waals surface area contributed by atoms with E-state index in [2.05, 4.69) is 36.2 Å². The summed E-state index contributed by atoms with van der Waals surface area (Å²) in [5.74, 6) is 0.638. The Morgan fingerprint density at radius 3 is 2.44 bits per heavy atom. The van der Waals surface area contributed by atoms with Gasteiger partial charge in [0.15, 0.2) is 0 Å². The highest BCUT2D eigenvalue weighted by Crippen LogP contribution is 2.29. The maximum atomic E-state index is 12.4. The van der Waals surface area contributed by atoms with E-state index in [9.17, 15) is 9.59 Å². The number of unbranched alkanes of at least 4 members (excludes halogenated alkanes) is 2. The lowest BCUT2D eigenvalue weighted by molar-refractivity contribution is -0.126. The van der Waals surface area contributed by atoms with Crippen molar-refractivity contribution in [3.8, 4) is 0 Å². The molecule has 2 fully saturated rings. The second-order valence-corrected chi connectivity index (χ2v) is 8.09. The summed E-state index contributed by atoms with van der Waals surface area (Å²) in [5.41, 5.74) is 2.12. The molecule has 1 aromatic carbocycles. The summed E-state index contributed by atoms with van der Waals surface area (Å²) in [6.07, 6.45) is 6.05. The van der Waals surface area contributed by atoms with Gasteiger partial charge in [0.1, 0.15) is 0 Å². The van der Waals surface area contributed by atoms with Crippen LogP contribution in [0.1, 0.15) is 52.4 Å². The lowest BCUT2D eigenvalue weighted by Crippen LogP contribution is -2.33. The van der Waals surface area contributed by atoms with Gasteiger partial charge in [0.05, 0.1) is 5.92 Å². The van der Waals surface area contributed by atoms with E-state index in [1.165, 1.54) is 18.5 Å². The molecular formula is C22H33N3O2. The van der Waals surface area contributed by atoms with Crippen LogP contribution in [0.4, 0.5) is 11.4 Å². The molecule has 3 rings (SSSR count). The Labute approximate surface area is 163 Å². The number of hydrogen-bond donors (Lipinski definition) is 1. The molecule has 27 heavy (non-hydrogen) atoms. The van der Waals surface area contributed by atoms with Crippen molar-refractivity contribution in [1.82, 2.24) is 5.32 Å². The van der Waals surface area contributed by atoms with E-state index in [4.69, 9.17) is 0 Å². The van der Waals surface area contributed by atoms with Crippen molar-refractivity contribution in [2.45, 2.75) is 52.4 Å². The molecule has 0 radical (unpaired) electrons. The van der Waals surface area contributed by atoms with Crippen LogP contribution < -0.4 is 15.1 Å².